The van der Waals surface area contributed by atoms with E-state index in [4.69, 9.17) is 11.6 Å². The summed E-state index contributed by atoms with van der Waals surface area (Å²) in [5.41, 5.74) is 0.955. The predicted octanol–water partition coefficient (Wildman–Crippen LogP) is 4.84. The van der Waals surface area contributed by atoms with Crippen LogP contribution in [0.1, 0.15) is 10.5 Å². The molecule has 0 aliphatic heterocycles. The Balaban J connectivity index is 1.45. The lowest BCUT2D eigenvalue weighted by atomic mass is 10.3. The number of carbonyl (C=O) groups excluding carboxylic acids is 3. The third-order valence-electron chi connectivity index (χ3n) is 4.39. The van der Waals surface area contributed by atoms with Crippen LogP contribution in [0.4, 0.5) is 5.69 Å². The molecular formula is C22H19Br2ClN4O3S. The molecule has 172 valence electrons. The highest BCUT2D eigenvalue weighted by molar-refractivity contribution is 9.13. The number of aromatic nitrogens is 1. The van der Waals surface area contributed by atoms with Gasteiger partial charge in [0.2, 0.25) is 0 Å². The fraction of sp³-hybridized carbons (Fsp3) is 0.136. The van der Waals surface area contributed by atoms with E-state index < -0.39 is 11.8 Å². The Morgan fingerprint density at radius 1 is 0.939 bits per heavy atom. The summed E-state index contributed by atoms with van der Waals surface area (Å²) in [6.45, 7) is 0.280. The highest BCUT2D eigenvalue weighted by Gasteiger charge is 2.16. The van der Waals surface area contributed by atoms with E-state index in [0.29, 0.717) is 16.4 Å². The topological polar surface area (TPSA) is 92.2 Å². The van der Waals surface area contributed by atoms with Crippen molar-refractivity contribution in [3.63, 3.8) is 0 Å². The van der Waals surface area contributed by atoms with E-state index in [9.17, 15) is 14.4 Å². The van der Waals surface area contributed by atoms with E-state index in [2.05, 4.69) is 47.8 Å². The molecule has 1 aromatic heterocycles. The number of hydrogen-bond donors (Lipinski definition) is 3. The molecule has 3 rings (SSSR count). The smallest absolute Gasteiger partial charge is 0.313 e. The van der Waals surface area contributed by atoms with E-state index in [1.54, 1.807) is 48.0 Å². The Kier molecular flexibility index (Phi) is 9.02. The molecule has 3 amide bonds. The van der Waals surface area contributed by atoms with Crippen LogP contribution in [0, 0.1) is 0 Å². The molecule has 3 aromatic rings. The highest BCUT2D eigenvalue weighted by Crippen LogP contribution is 2.30. The van der Waals surface area contributed by atoms with Crippen LogP contribution in [-0.4, -0.2) is 35.4 Å². The molecule has 0 aliphatic carbocycles. The molecule has 7 nitrogen and oxygen atoms in total. The number of rotatable bonds is 7. The summed E-state index contributed by atoms with van der Waals surface area (Å²) < 4.78 is 3.19. The van der Waals surface area contributed by atoms with Gasteiger partial charge in [0.05, 0.1) is 9.08 Å². The molecule has 11 heteroatoms. The first-order valence-electron chi connectivity index (χ1n) is 9.66. The van der Waals surface area contributed by atoms with Crippen molar-refractivity contribution in [1.29, 1.82) is 0 Å². The second-order valence-corrected chi connectivity index (χ2v) is 9.97. The van der Waals surface area contributed by atoms with Gasteiger partial charge in [-0.05, 0) is 80.4 Å². The highest BCUT2D eigenvalue weighted by atomic mass is 79.9. The van der Waals surface area contributed by atoms with Crippen molar-refractivity contribution in [3.05, 3.63) is 74.4 Å². The Labute approximate surface area is 216 Å². The third kappa shape index (κ3) is 7.10. The number of anilines is 1. The molecular weight excluding hydrogens is 596 g/mol. The van der Waals surface area contributed by atoms with Crippen molar-refractivity contribution in [3.8, 4) is 0 Å². The summed E-state index contributed by atoms with van der Waals surface area (Å²) in [4.78, 5) is 38.5. The Hall–Kier alpha value is -2.27. The van der Waals surface area contributed by atoms with Crippen LogP contribution in [0.15, 0.2) is 73.5 Å². The van der Waals surface area contributed by atoms with Gasteiger partial charge in [-0.3, -0.25) is 14.4 Å². The van der Waals surface area contributed by atoms with E-state index in [1.807, 2.05) is 18.2 Å². The predicted molar refractivity (Wildman–Crippen MR) is 137 cm³/mol. The number of hydrogen-bond acceptors (Lipinski definition) is 4. The largest absolute Gasteiger partial charge is 0.349 e. The van der Waals surface area contributed by atoms with Gasteiger partial charge in [-0.15, -0.1) is 0 Å². The average Bonchev–Trinajstić information content (AvgIpc) is 3.05. The summed E-state index contributed by atoms with van der Waals surface area (Å²) in [6.07, 6.45) is 0. The standard InChI is InChI=1S/C22H19Br2ClN4O3S/c1-29-18(12-17(23)19(29)24)20(30)26-9-10-27-21(31)22(32)28-14-3-2-4-16(11-14)33-15-7-5-13(25)6-8-15/h2-8,11-12H,9-10H2,1H3,(H,26,30)(H,27,31)(H,28,32). The van der Waals surface area contributed by atoms with Gasteiger partial charge in [-0.25, -0.2) is 0 Å². The van der Waals surface area contributed by atoms with Crippen molar-refractivity contribution in [2.24, 2.45) is 7.05 Å². The minimum Gasteiger partial charge on any atom is -0.349 e. The number of nitrogens with one attached hydrogen (secondary N) is 3. The van der Waals surface area contributed by atoms with Gasteiger partial charge >= 0.3 is 11.8 Å². The lowest BCUT2D eigenvalue weighted by Crippen LogP contribution is -2.40. The molecule has 0 spiro atoms. The number of amides is 3. The van der Waals surface area contributed by atoms with Crippen LogP contribution >= 0.6 is 55.2 Å². The zero-order valence-electron chi connectivity index (χ0n) is 17.3. The van der Waals surface area contributed by atoms with Gasteiger partial charge < -0.3 is 20.5 Å². The van der Waals surface area contributed by atoms with Gasteiger partial charge in [0.15, 0.2) is 0 Å². The van der Waals surface area contributed by atoms with Gasteiger partial charge in [0, 0.05) is 40.6 Å². The summed E-state index contributed by atoms with van der Waals surface area (Å²) >= 11 is 14.1. The lowest BCUT2D eigenvalue weighted by molar-refractivity contribution is -0.136. The van der Waals surface area contributed by atoms with Crippen LogP contribution in [0.3, 0.4) is 0 Å². The van der Waals surface area contributed by atoms with Crippen molar-refractivity contribution >= 4 is 78.6 Å². The number of halogens is 3. The Morgan fingerprint density at radius 3 is 2.30 bits per heavy atom. The molecule has 2 aromatic carbocycles. The van der Waals surface area contributed by atoms with Crippen LogP contribution in [0.25, 0.3) is 0 Å². The molecule has 0 bridgehead atoms. The van der Waals surface area contributed by atoms with Crippen molar-refractivity contribution in [2.45, 2.75) is 9.79 Å². The second-order valence-electron chi connectivity index (χ2n) is 6.78. The molecule has 0 saturated carbocycles. The minimum atomic E-state index is -0.788. The molecule has 0 radical (unpaired) electrons. The average molecular weight is 615 g/mol. The summed E-state index contributed by atoms with van der Waals surface area (Å²) in [7, 11) is 1.75. The maximum Gasteiger partial charge on any atom is 0.313 e. The van der Waals surface area contributed by atoms with Crippen LogP contribution in [-0.2, 0) is 16.6 Å². The zero-order valence-corrected chi connectivity index (χ0v) is 22.1. The summed E-state index contributed by atoms with van der Waals surface area (Å²) in [6, 6.07) is 16.3. The van der Waals surface area contributed by atoms with Gasteiger partial charge in [0.1, 0.15) is 5.69 Å². The molecule has 1 heterocycles. The van der Waals surface area contributed by atoms with Crippen molar-refractivity contribution in [2.75, 3.05) is 18.4 Å². The van der Waals surface area contributed by atoms with Gasteiger partial charge in [-0.1, -0.05) is 29.4 Å². The first kappa shape index (κ1) is 25.4. The third-order valence-corrected chi connectivity index (χ3v) is 7.74. The van der Waals surface area contributed by atoms with E-state index in [1.165, 1.54) is 11.8 Å². The molecule has 3 N–H and O–H groups in total. The molecule has 0 fully saturated rings. The zero-order chi connectivity index (χ0) is 24.0. The van der Waals surface area contributed by atoms with Crippen LogP contribution in [0.2, 0.25) is 5.02 Å². The molecule has 0 aliphatic rings. The number of carbonyl (C=O) groups is 3. The number of benzene rings is 2. The minimum absolute atomic E-state index is 0.108. The van der Waals surface area contributed by atoms with Crippen LogP contribution < -0.4 is 16.0 Å². The quantitative estimate of drug-likeness (QED) is 0.263. The molecule has 0 unspecified atom stereocenters. The Morgan fingerprint density at radius 2 is 1.64 bits per heavy atom. The first-order chi connectivity index (χ1) is 15.7. The van der Waals surface area contributed by atoms with Crippen molar-refractivity contribution in [1.82, 2.24) is 15.2 Å². The monoisotopic (exact) mass is 612 g/mol. The molecule has 0 atom stereocenters. The van der Waals surface area contributed by atoms with Crippen LogP contribution in [0.5, 0.6) is 0 Å². The normalized spacial score (nSPS) is 10.5. The maximum absolute atomic E-state index is 12.3. The second kappa shape index (κ2) is 11.7. The molecule has 33 heavy (non-hydrogen) atoms. The number of nitrogens with zero attached hydrogens (tertiary/aromatic N) is 1. The van der Waals surface area contributed by atoms with Gasteiger partial charge in [-0.2, -0.15) is 0 Å². The fourth-order valence-electron chi connectivity index (χ4n) is 2.75. The van der Waals surface area contributed by atoms with Gasteiger partial charge in [0.25, 0.3) is 5.91 Å². The fourth-order valence-corrected chi connectivity index (χ4v) is 4.54. The molecule has 0 saturated heterocycles. The SMILES string of the molecule is Cn1c(C(=O)NCCNC(=O)C(=O)Nc2cccc(Sc3ccc(Cl)cc3)c2)cc(Br)c1Br. The first-order valence-corrected chi connectivity index (χ1v) is 12.4. The lowest BCUT2D eigenvalue weighted by Gasteiger charge is -2.09. The van der Waals surface area contributed by atoms with E-state index in [-0.39, 0.29) is 19.0 Å². The van der Waals surface area contributed by atoms with E-state index >= 15 is 0 Å². The van der Waals surface area contributed by atoms with E-state index in [0.717, 1.165) is 18.9 Å². The Bertz CT molecular complexity index is 1180. The maximum atomic E-state index is 12.3. The summed E-state index contributed by atoms with van der Waals surface area (Å²) in [5.74, 6) is -1.87. The summed E-state index contributed by atoms with van der Waals surface area (Å²) in [5, 5.41) is 8.43. The van der Waals surface area contributed by atoms with Crippen molar-refractivity contribution < 1.29 is 14.4 Å².